The van der Waals surface area contributed by atoms with Gasteiger partial charge in [-0.25, -0.2) is 0 Å². The van der Waals surface area contributed by atoms with Gasteiger partial charge in [0.25, 0.3) is 0 Å². The maximum Gasteiger partial charge on any atom is 0.0270 e. The Labute approximate surface area is 94.9 Å². The molecule has 1 aromatic rings. The van der Waals surface area contributed by atoms with Gasteiger partial charge in [-0.05, 0) is 42.4 Å². The van der Waals surface area contributed by atoms with E-state index in [0.717, 1.165) is 5.92 Å². The number of nitrogens with zero attached hydrogens (tertiary/aromatic N) is 1. The summed E-state index contributed by atoms with van der Waals surface area (Å²) in [5.74, 6) is 1.49. The molecule has 0 bridgehead atoms. The Kier molecular flexibility index (Phi) is 7.98. The molecule has 1 heterocycles. The van der Waals surface area contributed by atoms with Crippen molar-refractivity contribution in [2.24, 2.45) is 5.92 Å². The van der Waals surface area contributed by atoms with Crippen LogP contribution in [0.5, 0.6) is 0 Å². The first kappa shape index (κ1) is 14.2. The monoisotopic (exact) mass is 207 g/mol. The fourth-order valence-electron chi connectivity index (χ4n) is 1.74. The lowest BCUT2D eigenvalue weighted by Gasteiger charge is -2.17. The van der Waals surface area contributed by atoms with Gasteiger partial charge in [0, 0.05) is 12.4 Å². The minimum Gasteiger partial charge on any atom is -0.265 e. The van der Waals surface area contributed by atoms with Crippen LogP contribution in [0.3, 0.4) is 0 Å². The van der Waals surface area contributed by atoms with E-state index in [1.54, 1.807) is 0 Å². The summed E-state index contributed by atoms with van der Waals surface area (Å²) in [5, 5.41) is 0. The lowest BCUT2D eigenvalue weighted by Crippen LogP contribution is -2.01. The largest absolute Gasteiger partial charge is 0.265 e. The SMILES string of the molecule is CC.CCC(CC(C)C)c1ccncc1. The van der Waals surface area contributed by atoms with Gasteiger partial charge >= 0.3 is 0 Å². The Morgan fingerprint density at radius 2 is 1.67 bits per heavy atom. The molecule has 86 valence electrons. The second kappa shape index (κ2) is 8.46. The smallest absolute Gasteiger partial charge is 0.0270 e. The Morgan fingerprint density at radius 1 is 1.13 bits per heavy atom. The van der Waals surface area contributed by atoms with Gasteiger partial charge in [0.15, 0.2) is 0 Å². The summed E-state index contributed by atoms with van der Waals surface area (Å²) in [4.78, 5) is 4.04. The first-order valence-corrected chi connectivity index (χ1v) is 6.14. The lowest BCUT2D eigenvalue weighted by molar-refractivity contribution is 0.489. The molecule has 1 unspecified atom stereocenters. The standard InChI is InChI=1S/C12H19N.C2H6/c1-4-11(9-10(2)3)12-5-7-13-8-6-12;1-2/h5-8,10-11H,4,9H2,1-3H3;1-2H3. The summed E-state index contributed by atoms with van der Waals surface area (Å²) < 4.78 is 0. The summed E-state index contributed by atoms with van der Waals surface area (Å²) in [6.07, 6.45) is 6.28. The third kappa shape index (κ3) is 5.56. The zero-order valence-corrected chi connectivity index (χ0v) is 10.8. The second-order valence-electron chi connectivity index (χ2n) is 4.02. The normalized spacial score (nSPS) is 11.9. The van der Waals surface area contributed by atoms with Crippen LogP contribution in [0.25, 0.3) is 0 Å². The summed E-state index contributed by atoms with van der Waals surface area (Å²) in [6.45, 7) is 10.8. The van der Waals surface area contributed by atoms with Crippen LogP contribution in [0.1, 0.15) is 58.9 Å². The molecule has 0 N–H and O–H groups in total. The molecule has 1 atom stereocenters. The van der Waals surface area contributed by atoms with Gasteiger partial charge in [0.1, 0.15) is 0 Å². The number of hydrogen-bond acceptors (Lipinski definition) is 1. The van der Waals surface area contributed by atoms with Crippen LogP contribution in [0.2, 0.25) is 0 Å². The summed E-state index contributed by atoms with van der Waals surface area (Å²) in [6, 6.07) is 4.27. The Hall–Kier alpha value is -0.850. The molecule has 0 spiro atoms. The van der Waals surface area contributed by atoms with E-state index in [9.17, 15) is 0 Å². The fraction of sp³-hybridized carbons (Fsp3) is 0.643. The van der Waals surface area contributed by atoms with Gasteiger partial charge in [-0.1, -0.05) is 34.6 Å². The van der Waals surface area contributed by atoms with Gasteiger partial charge < -0.3 is 0 Å². The Morgan fingerprint density at radius 3 is 2.07 bits per heavy atom. The van der Waals surface area contributed by atoms with Gasteiger partial charge in [0.2, 0.25) is 0 Å². The summed E-state index contributed by atoms with van der Waals surface area (Å²) >= 11 is 0. The van der Waals surface area contributed by atoms with E-state index in [0.29, 0.717) is 5.92 Å². The van der Waals surface area contributed by atoms with Crippen molar-refractivity contribution in [2.75, 3.05) is 0 Å². The molecule has 1 heteroatoms. The third-order valence-electron chi connectivity index (χ3n) is 2.43. The van der Waals surface area contributed by atoms with E-state index in [-0.39, 0.29) is 0 Å². The molecule has 1 nitrogen and oxygen atoms in total. The highest BCUT2D eigenvalue weighted by molar-refractivity contribution is 5.15. The number of pyridine rings is 1. The van der Waals surface area contributed by atoms with Crippen molar-refractivity contribution in [2.45, 2.75) is 53.4 Å². The molecule has 0 aliphatic heterocycles. The second-order valence-corrected chi connectivity index (χ2v) is 4.02. The highest BCUT2D eigenvalue weighted by Crippen LogP contribution is 2.25. The predicted octanol–water partition coefficient (Wildman–Crippen LogP) is 4.65. The average molecular weight is 207 g/mol. The van der Waals surface area contributed by atoms with Crippen molar-refractivity contribution >= 4 is 0 Å². The molecule has 0 radical (unpaired) electrons. The van der Waals surface area contributed by atoms with Crippen molar-refractivity contribution < 1.29 is 0 Å². The molecule has 1 aromatic heterocycles. The van der Waals surface area contributed by atoms with Gasteiger partial charge in [-0.15, -0.1) is 0 Å². The molecule has 0 fully saturated rings. The van der Waals surface area contributed by atoms with Crippen LogP contribution in [0.15, 0.2) is 24.5 Å². The van der Waals surface area contributed by atoms with Crippen LogP contribution in [0, 0.1) is 5.92 Å². The van der Waals surface area contributed by atoms with E-state index < -0.39 is 0 Å². The highest BCUT2D eigenvalue weighted by Gasteiger charge is 2.10. The van der Waals surface area contributed by atoms with E-state index in [2.05, 4.69) is 37.9 Å². The van der Waals surface area contributed by atoms with Crippen molar-refractivity contribution in [1.82, 2.24) is 4.98 Å². The molecular weight excluding hydrogens is 182 g/mol. The molecule has 0 aliphatic rings. The van der Waals surface area contributed by atoms with E-state index in [1.807, 2.05) is 26.2 Å². The molecule has 0 saturated heterocycles. The predicted molar refractivity (Wildman–Crippen MR) is 68.1 cm³/mol. The van der Waals surface area contributed by atoms with Crippen LogP contribution >= 0.6 is 0 Å². The first-order valence-electron chi connectivity index (χ1n) is 6.14. The molecule has 1 rings (SSSR count). The van der Waals surface area contributed by atoms with Crippen molar-refractivity contribution in [3.63, 3.8) is 0 Å². The lowest BCUT2D eigenvalue weighted by atomic mass is 9.89. The Bertz CT molecular complexity index is 228. The minimum atomic E-state index is 0.711. The van der Waals surface area contributed by atoms with Crippen molar-refractivity contribution in [1.29, 1.82) is 0 Å². The van der Waals surface area contributed by atoms with E-state index in [1.165, 1.54) is 18.4 Å². The zero-order valence-electron chi connectivity index (χ0n) is 10.8. The maximum absolute atomic E-state index is 4.04. The van der Waals surface area contributed by atoms with Crippen molar-refractivity contribution in [3.8, 4) is 0 Å². The first-order chi connectivity index (χ1) is 7.24. The molecule has 0 aromatic carbocycles. The quantitative estimate of drug-likeness (QED) is 0.700. The molecular formula is C14H25N. The molecule has 15 heavy (non-hydrogen) atoms. The van der Waals surface area contributed by atoms with Gasteiger partial charge in [-0.3, -0.25) is 4.98 Å². The van der Waals surface area contributed by atoms with Gasteiger partial charge in [-0.2, -0.15) is 0 Å². The van der Waals surface area contributed by atoms with Crippen LogP contribution in [-0.2, 0) is 0 Å². The van der Waals surface area contributed by atoms with Crippen molar-refractivity contribution in [3.05, 3.63) is 30.1 Å². The third-order valence-corrected chi connectivity index (χ3v) is 2.43. The van der Waals surface area contributed by atoms with E-state index in [4.69, 9.17) is 0 Å². The summed E-state index contributed by atoms with van der Waals surface area (Å²) in [5.41, 5.74) is 1.44. The minimum absolute atomic E-state index is 0.711. The molecule has 0 amide bonds. The number of rotatable bonds is 4. The highest BCUT2D eigenvalue weighted by atomic mass is 14.6. The molecule has 0 saturated carbocycles. The zero-order chi connectivity index (χ0) is 11.7. The Balaban J connectivity index is 0.000000921. The van der Waals surface area contributed by atoms with Crippen LogP contribution < -0.4 is 0 Å². The summed E-state index contributed by atoms with van der Waals surface area (Å²) in [7, 11) is 0. The molecule has 0 aliphatic carbocycles. The van der Waals surface area contributed by atoms with E-state index >= 15 is 0 Å². The number of hydrogen-bond donors (Lipinski definition) is 0. The maximum atomic E-state index is 4.04. The van der Waals surface area contributed by atoms with Crippen LogP contribution in [0.4, 0.5) is 0 Å². The number of aromatic nitrogens is 1. The average Bonchev–Trinajstić information content (AvgIpc) is 2.29. The van der Waals surface area contributed by atoms with Gasteiger partial charge in [0.05, 0.1) is 0 Å². The van der Waals surface area contributed by atoms with Crippen LogP contribution in [-0.4, -0.2) is 4.98 Å². The topological polar surface area (TPSA) is 12.9 Å². The fourth-order valence-corrected chi connectivity index (χ4v) is 1.74.